The number of rotatable bonds is 5. The van der Waals surface area contributed by atoms with Gasteiger partial charge in [0.25, 0.3) is 0 Å². The average Bonchev–Trinajstić information content (AvgIpc) is 3.06. The van der Waals surface area contributed by atoms with Gasteiger partial charge in [-0.2, -0.15) is 0 Å². The molecule has 0 saturated heterocycles. The molecule has 31 heavy (non-hydrogen) atoms. The summed E-state index contributed by atoms with van der Waals surface area (Å²) in [5.41, 5.74) is 8.50. The fourth-order valence-corrected chi connectivity index (χ4v) is 4.63. The van der Waals surface area contributed by atoms with Crippen LogP contribution in [0.15, 0.2) is 59.1 Å². The zero-order valence-corrected chi connectivity index (χ0v) is 18.5. The van der Waals surface area contributed by atoms with Crippen molar-refractivity contribution in [3.8, 4) is 0 Å². The van der Waals surface area contributed by atoms with Crippen molar-refractivity contribution in [3.05, 3.63) is 75.3 Å². The lowest BCUT2D eigenvalue weighted by atomic mass is 9.88. The molecule has 1 aliphatic rings. The first kappa shape index (κ1) is 22.7. The zero-order chi connectivity index (χ0) is 22.5. The summed E-state index contributed by atoms with van der Waals surface area (Å²) in [5.74, 6) is -1.85. The Hall–Kier alpha value is -2.97. The maximum atomic E-state index is 13.0. The van der Waals surface area contributed by atoms with Gasteiger partial charge in [-0.05, 0) is 49.2 Å². The van der Waals surface area contributed by atoms with Crippen molar-refractivity contribution >= 4 is 47.0 Å². The first-order chi connectivity index (χ1) is 14.8. The van der Waals surface area contributed by atoms with E-state index in [4.69, 9.17) is 22.1 Å². The topological polar surface area (TPSA) is 111 Å². The van der Waals surface area contributed by atoms with E-state index in [1.54, 1.807) is 49.4 Å². The van der Waals surface area contributed by atoms with E-state index in [1.807, 2.05) is 13.0 Å². The lowest BCUT2D eigenvalue weighted by Crippen LogP contribution is -2.41. The molecule has 7 nitrogen and oxygen atoms in total. The molecule has 2 aromatic rings. The van der Waals surface area contributed by atoms with Gasteiger partial charge in [0.2, 0.25) is 5.91 Å². The number of aryl methyl sites for hydroxylation is 1. The molecule has 0 aromatic heterocycles. The van der Waals surface area contributed by atoms with Crippen LogP contribution in [0.5, 0.6) is 0 Å². The Labute approximate surface area is 189 Å². The lowest BCUT2D eigenvalue weighted by molar-refractivity contribution is -0.138. The molecule has 1 aliphatic heterocycles. The number of anilines is 1. The molecular weight excluding hydrogens is 438 g/mol. The Morgan fingerprint density at radius 2 is 1.87 bits per heavy atom. The Morgan fingerprint density at radius 3 is 2.52 bits per heavy atom. The van der Waals surface area contributed by atoms with Gasteiger partial charge in [-0.3, -0.25) is 10.1 Å². The number of imide groups is 1. The van der Waals surface area contributed by atoms with Crippen molar-refractivity contribution < 1.29 is 19.1 Å². The molecular formula is C22H22ClN3O4S. The third kappa shape index (κ3) is 5.39. The number of nitrogens with two attached hydrogens (primary N) is 1. The number of carbonyl (C=O) groups is 3. The van der Waals surface area contributed by atoms with Crippen LogP contribution in [0, 0.1) is 6.92 Å². The molecule has 0 spiro atoms. The molecule has 3 amide bonds. The Kier molecular flexibility index (Phi) is 7.25. The number of ether oxygens (including phenoxy) is 1. The van der Waals surface area contributed by atoms with Gasteiger partial charge >= 0.3 is 12.0 Å². The minimum Gasteiger partial charge on any atom is -0.463 e. The predicted molar refractivity (Wildman–Crippen MR) is 122 cm³/mol. The fourth-order valence-electron chi connectivity index (χ4n) is 3.29. The maximum absolute atomic E-state index is 13.0. The average molecular weight is 460 g/mol. The maximum Gasteiger partial charge on any atom is 0.337 e. The van der Waals surface area contributed by atoms with Gasteiger partial charge < -0.3 is 15.8 Å². The number of halogens is 1. The van der Waals surface area contributed by atoms with E-state index in [0.29, 0.717) is 16.3 Å². The van der Waals surface area contributed by atoms with E-state index < -0.39 is 29.1 Å². The number of benzene rings is 2. The van der Waals surface area contributed by atoms with Crippen molar-refractivity contribution in [2.45, 2.75) is 25.0 Å². The third-order valence-corrected chi connectivity index (χ3v) is 6.09. The summed E-state index contributed by atoms with van der Waals surface area (Å²) in [4.78, 5) is 37.9. The van der Waals surface area contributed by atoms with Crippen LogP contribution in [0.4, 0.5) is 10.5 Å². The SMILES string of the molecule is CCOC(=O)C1=C(N)SC(C(=O)NC(=O)Nc2cccc(C)c2)C1c1ccc(Cl)cc1. The van der Waals surface area contributed by atoms with Crippen molar-refractivity contribution in [1.82, 2.24) is 5.32 Å². The molecule has 3 rings (SSSR count). The highest BCUT2D eigenvalue weighted by Crippen LogP contribution is 2.46. The fraction of sp³-hybridized carbons (Fsp3) is 0.227. The van der Waals surface area contributed by atoms with Crippen LogP contribution in [-0.4, -0.2) is 29.8 Å². The van der Waals surface area contributed by atoms with Crippen molar-refractivity contribution in [1.29, 1.82) is 0 Å². The number of hydrogen-bond donors (Lipinski definition) is 3. The molecule has 2 aromatic carbocycles. The van der Waals surface area contributed by atoms with Crippen LogP contribution < -0.4 is 16.4 Å². The first-order valence-electron chi connectivity index (χ1n) is 9.57. The highest BCUT2D eigenvalue weighted by atomic mass is 35.5. The van der Waals surface area contributed by atoms with E-state index in [9.17, 15) is 14.4 Å². The predicted octanol–water partition coefficient (Wildman–Crippen LogP) is 3.93. The minimum atomic E-state index is -0.830. The monoisotopic (exact) mass is 459 g/mol. The van der Waals surface area contributed by atoms with Gasteiger partial charge in [-0.25, -0.2) is 9.59 Å². The molecule has 2 atom stereocenters. The van der Waals surface area contributed by atoms with Crippen LogP contribution in [0.1, 0.15) is 24.0 Å². The van der Waals surface area contributed by atoms with Crippen molar-refractivity contribution in [2.24, 2.45) is 5.73 Å². The number of thioether (sulfide) groups is 1. The molecule has 9 heteroatoms. The van der Waals surface area contributed by atoms with Crippen LogP contribution in [0.2, 0.25) is 5.02 Å². The molecule has 0 bridgehead atoms. The first-order valence-corrected chi connectivity index (χ1v) is 10.8. The number of esters is 1. The summed E-state index contributed by atoms with van der Waals surface area (Å²) in [6, 6.07) is 13.3. The van der Waals surface area contributed by atoms with Gasteiger partial charge in [0.05, 0.1) is 17.2 Å². The number of hydrogen-bond acceptors (Lipinski definition) is 6. The molecule has 0 saturated carbocycles. The summed E-state index contributed by atoms with van der Waals surface area (Å²) in [5, 5.41) is 4.85. The van der Waals surface area contributed by atoms with E-state index in [0.717, 1.165) is 17.3 Å². The standard InChI is InChI=1S/C22H22ClN3O4S/c1-3-30-21(28)17-16(13-7-9-14(23)10-8-13)18(31-19(17)24)20(27)26-22(29)25-15-6-4-5-12(2)11-15/h4-11,16,18H,3,24H2,1-2H3,(H2,25,26,27,29). The lowest BCUT2D eigenvalue weighted by Gasteiger charge is -2.21. The number of nitrogens with one attached hydrogen (secondary N) is 2. The molecule has 4 N–H and O–H groups in total. The highest BCUT2D eigenvalue weighted by Gasteiger charge is 2.44. The van der Waals surface area contributed by atoms with Gasteiger partial charge in [0.15, 0.2) is 0 Å². The normalized spacial score (nSPS) is 17.9. The smallest absolute Gasteiger partial charge is 0.337 e. The summed E-state index contributed by atoms with van der Waals surface area (Å²) >= 11 is 7.01. The van der Waals surface area contributed by atoms with E-state index in [1.165, 1.54) is 0 Å². The summed E-state index contributed by atoms with van der Waals surface area (Å²) in [6.45, 7) is 3.75. The highest BCUT2D eigenvalue weighted by molar-refractivity contribution is 8.04. The van der Waals surface area contributed by atoms with Gasteiger partial charge in [-0.15, -0.1) is 0 Å². The van der Waals surface area contributed by atoms with Crippen molar-refractivity contribution in [3.63, 3.8) is 0 Å². The van der Waals surface area contributed by atoms with Crippen molar-refractivity contribution in [2.75, 3.05) is 11.9 Å². The Bertz CT molecular complexity index is 1040. The van der Waals surface area contributed by atoms with Crippen LogP contribution in [0.25, 0.3) is 0 Å². The Balaban J connectivity index is 1.82. The van der Waals surface area contributed by atoms with Crippen LogP contribution in [-0.2, 0) is 14.3 Å². The van der Waals surface area contributed by atoms with Gasteiger partial charge in [0.1, 0.15) is 5.25 Å². The molecule has 1 heterocycles. The number of amides is 3. The molecule has 0 fully saturated rings. The second-order valence-corrected chi connectivity index (χ2v) is 8.50. The minimum absolute atomic E-state index is 0.170. The zero-order valence-electron chi connectivity index (χ0n) is 17.0. The van der Waals surface area contributed by atoms with E-state index in [-0.39, 0.29) is 17.2 Å². The van der Waals surface area contributed by atoms with E-state index in [2.05, 4.69) is 10.6 Å². The summed E-state index contributed by atoms with van der Waals surface area (Å²) < 4.78 is 5.14. The quantitative estimate of drug-likeness (QED) is 0.584. The molecule has 162 valence electrons. The van der Waals surface area contributed by atoms with Crippen LogP contribution in [0.3, 0.4) is 0 Å². The number of urea groups is 1. The molecule has 0 aliphatic carbocycles. The largest absolute Gasteiger partial charge is 0.463 e. The Morgan fingerprint density at radius 1 is 1.16 bits per heavy atom. The summed E-state index contributed by atoms with van der Waals surface area (Å²) in [6.07, 6.45) is 0. The van der Waals surface area contributed by atoms with Gasteiger partial charge in [0, 0.05) is 16.6 Å². The number of carbonyl (C=O) groups excluding carboxylic acids is 3. The van der Waals surface area contributed by atoms with Gasteiger partial charge in [-0.1, -0.05) is 47.6 Å². The molecule has 0 radical (unpaired) electrons. The summed E-state index contributed by atoms with van der Waals surface area (Å²) in [7, 11) is 0. The third-order valence-electron chi connectivity index (χ3n) is 4.63. The second-order valence-electron chi connectivity index (χ2n) is 6.88. The molecule has 2 unspecified atom stereocenters. The second kappa shape index (κ2) is 9.89. The van der Waals surface area contributed by atoms with E-state index >= 15 is 0 Å². The van der Waals surface area contributed by atoms with Crippen LogP contribution >= 0.6 is 23.4 Å².